The second kappa shape index (κ2) is 5.78. The van der Waals surface area contributed by atoms with E-state index in [0.29, 0.717) is 11.6 Å². The van der Waals surface area contributed by atoms with Crippen molar-refractivity contribution in [1.82, 2.24) is 0 Å². The summed E-state index contributed by atoms with van der Waals surface area (Å²) in [5.41, 5.74) is 0.601. The molecule has 6 heteroatoms. The highest BCUT2D eigenvalue weighted by molar-refractivity contribution is 5.98. The number of carbonyl (C=O) groups is 1. The third-order valence-electron chi connectivity index (χ3n) is 3.08. The molecule has 0 radical (unpaired) electrons. The van der Waals surface area contributed by atoms with Crippen LogP contribution in [0.5, 0.6) is 0 Å². The van der Waals surface area contributed by atoms with Crippen LogP contribution < -0.4 is 0 Å². The van der Waals surface area contributed by atoms with E-state index in [1.54, 1.807) is 0 Å². The molecule has 0 fully saturated rings. The van der Waals surface area contributed by atoms with Gasteiger partial charge in [-0.2, -0.15) is 0 Å². The first-order valence-electron chi connectivity index (χ1n) is 6.10. The van der Waals surface area contributed by atoms with Crippen LogP contribution in [0.25, 0.3) is 0 Å². The molecule has 0 saturated carbocycles. The van der Waals surface area contributed by atoms with E-state index in [4.69, 9.17) is 0 Å². The van der Waals surface area contributed by atoms with Crippen molar-refractivity contribution in [3.63, 3.8) is 0 Å². The smallest absolute Gasteiger partial charge is 0.272 e. The second-order valence-corrected chi connectivity index (χ2v) is 4.59. The summed E-state index contributed by atoms with van der Waals surface area (Å²) in [6, 6.07) is 6.96. The maximum atomic E-state index is 13.5. The van der Waals surface area contributed by atoms with Crippen molar-refractivity contribution >= 4 is 11.5 Å². The molecule has 0 atom stereocenters. The minimum atomic E-state index is -0.790. The molecule has 4 nitrogen and oxygen atoms in total. The summed E-state index contributed by atoms with van der Waals surface area (Å²) < 4.78 is 26.3. The summed E-state index contributed by atoms with van der Waals surface area (Å²) in [6.45, 7) is 1.52. The van der Waals surface area contributed by atoms with Crippen molar-refractivity contribution in [2.24, 2.45) is 0 Å². The van der Waals surface area contributed by atoms with E-state index >= 15 is 0 Å². The van der Waals surface area contributed by atoms with Crippen LogP contribution in [0.15, 0.2) is 36.4 Å². The minimum Gasteiger partial charge on any atom is -0.294 e. The summed E-state index contributed by atoms with van der Waals surface area (Å²) >= 11 is 0. The van der Waals surface area contributed by atoms with Gasteiger partial charge in [-0.05, 0) is 30.7 Å². The maximum absolute atomic E-state index is 13.5. The van der Waals surface area contributed by atoms with Crippen molar-refractivity contribution in [1.29, 1.82) is 0 Å². The highest BCUT2D eigenvalue weighted by Gasteiger charge is 2.15. The molecule has 21 heavy (non-hydrogen) atoms. The van der Waals surface area contributed by atoms with Crippen molar-refractivity contribution < 1.29 is 18.5 Å². The molecule has 2 aromatic rings. The molecule has 0 aromatic heterocycles. The number of nitro groups is 1. The molecule has 108 valence electrons. The fourth-order valence-corrected chi connectivity index (χ4v) is 1.97. The van der Waals surface area contributed by atoms with Crippen LogP contribution in [-0.2, 0) is 6.42 Å². The molecule has 0 spiro atoms. The summed E-state index contributed by atoms with van der Waals surface area (Å²) in [7, 11) is 0. The van der Waals surface area contributed by atoms with Crippen LogP contribution in [0.4, 0.5) is 14.5 Å². The summed E-state index contributed by atoms with van der Waals surface area (Å²) in [4.78, 5) is 22.2. The molecule has 0 aliphatic carbocycles. The van der Waals surface area contributed by atoms with Crippen molar-refractivity contribution in [2.75, 3.05) is 0 Å². The Morgan fingerprint density at radius 3 is 2.48 bits per heavy atom. The van der Waals surface area contributed by atoms with Crippen LogP contribution in [0.3, 0.4) is 0 Å². The highest BCUT2D eigenvalue weighted by Crippen LogP contribution is 2.20. The number of hydrogen-bond acceptors (Lipinski definition) is 3. The zero-order valence-electron chi connectivity index (χ0n) is 11.1. The molecule has 0 heterocycles. The Kier molecular flexibility index (Phi) is 4.07. The van der Waals surface area contributed by atoms with E-state index < -0.39 is 22.3 Å². The van der Waals surface area contributed by atoms with Gasteiger partial charge >= 0.3 is 0 Å². The van der Waals surface area contributed by atoms with Crippen LogP contribution in [0, 0.1) is 28.7 Å². The minimum absolute atomic E-state index is 0.0809. The van der Waals surface area contributed by atoms with Crippen LogP contribution in [-0.4, -0.2) is 10.7 Å². The molecule has 0 N–H and O–H groups in total. The molecular weight excluding hydrogens is 280 g/mol. The standard InChI is InChI=1S/C15H11F2NO3/c1-9-6-11(3-5-14(9)18(20)21)15(19)7-10-2-4-12(16)8-13(10)17/h2-6,8H,7H2,1H3. The number of Topliss-reactive ketones (excluding diaryl/α,β-unsaturated/α-hetero) is 1. The van der Waals surface area contributed by atoms with Gasteiger partial charge in [0.15, 0.2) is 5.78 Å². The van der Waals surface area contributed by atoms with Crippen molar-refractivity contribution in [3.05, 3.63) is 74.8 Å². The Morgan fingerprint density at radius 2 is 1.90 bits per heavy atom. The van der Waals surface area contributed by atoms with Crippen LogP contribution >= 0.6 is 0 Å². The van der Waals surface area contributed by atoms with E-state index in [-0.39, 0.29) is 23.2 Å². The zero-order valence-corrected chi connectivity index (χ0v) is 11.1. The Labute approximate surface area is 119 Å². The first-order chi connectivity index (χ1) is 9.88. The number of rotatable bonds is 4. The van der Waals surface area contributed by atoms with Gasteiger partial charge in [0.1, 0.15) is 11.6 Å². The fraction of sp³-hybridized carbons (Fsp3) is 0.133. The number of halogens is 2. The first-order valence-corrected chi connectivity index (χ1v) is 6.10. The summed E-state index contributed by atoms with van der Waals surface area (Å²) in [6.07, 6.45) is -0.233. The zero-order chi connectivity index (χ0) is 15.6. The predicted molar refractivity (Wildman–Crippen MR) is 72.2 cm³/mol. The quantitative estimate of drug-likeness (QED) is 0.491. The Balaban J connectivity index is 2.24. The summed E-state index contributed by atoms with van der Waals surface area (Å²) in [5, 5.41) is 10.7. The van der Waals surface area contributed by atoms with Gasteiger partial charge in [0.2, 0.25) is 0 Å². The average Bonchev–Trinajstić information content (AvgIpc) is 2.41. The number of hydrogen-bond donors (Lipinski definition) is 0. The molecule has 0 unspecified atom stereocenters. The number of carbonyl (C=O) groups excluding carboxylic acids is 1. The topological polar surface area (TPSA) is 60.2 Å². The predicted octanol–water partition coefficient (Wildman–Crippen LogP) is 3.61. The third kappa shape index (κ3) is 3.28. The molecule has 0 saturated heterocycles. The van der Waals surface area contributed by atoms with E-state index in [1.807, 2.05) is 0 Å². The van der Waals surface area contributed by atoms with Gasteiger partial charge in [-0.3, -0.25) is 14.9 Å². The normalized spacial score (nSPS) is 10.4. The lowest BCUT2D eigenvalue weighted by Gasteiger charge is -2.05. The van der Waals surface area contributed by atoms with Gasteiger partial charge < -0.3 is 0 Å². The summed E-state index contributed by atoms with van der Waals surface area (Å²) in [5.74, 6) is -1.89. The van der Waals surface area contributed by atoms with Crippen molar-refractivity contribution in [3.8, 4) is 0 Å². The Hall–Kier alpha value is -2.63. The number of aryl methyl sites for hydroxylation is 1. The van der Waals surface area contributed by atoms with E-state index in [1.165, 1.54) is 31.2 Å². The van der Waals surface area contributed by atoms with Crippen LogP contribution in [0.1, 0.15) is 21.5 Å². The number of nitrogens with zero attached hydrogens (tertiary/aromatic N) is 1. The molecule has 0 amide bonds. The van der Waals surface area contributed by atoms with Crippen molar-refractivity contribution in [2.45, 2.75) is 13.3 Å². The molecule has 0 aliphatic rings. The fourth-order valence-electron chi connectivity index (χ4n) is 1.97. The molecule has 0 bridgehead atoms. The van der Waals surface area contributed by atoms with Gasteiger partial charge in [-0.15, -0.1) is 0 Å². The average molecular weight is 291 g/mol. The Morgan fingerprint density at radius 1 is 1.19 bits per heavy atom. The van der Waals surface area contributed by atoms with Gasteiger partial charge in [-0.1, -0.05) is 6.07 Å². The molecule has 2 rings (SSSR count). The molecule has 0 aliphatic heterocycles. The maximum Gasteiger partial charge on any atom is 0.272 e. The SMILES string of the molecule is Cc1cc(C(=O)Cc2ccc(F)cc2F)ccc1[N+](=O)[O-]. The first kappa shape index (κ1) is 14.8. The highest BCUT2D eigenvalue weighted by atomic mass is 19.1. The number of nitro benzene ring substituents is 1. The molecular formula is C15H11F2NO3. The van der Waals surface area contributed by atoms with E-state index in [2.05, 4.69) is 0 Å². The van der Waals surface area contributed by atoms with Gasteiger partial charge in [0.25, 0.3) is 5.69 Å². The van der Waals surface area contributed by atoms with Gasteiger partial charge in [0.05, 0.1) is 4.92 Å². The molecule has 2 aromatic carbocycles. The lowest BCUT2D eigenvalue weighted by atomic mass is 10.0. The lowest BCUT2D eigenvalue weighted by Crippen LogP contribution is -2.06. The van der Waals surface area contributed by atoms with E-state index in [9.17, 15) is 23.7 Å². The lowest BCUT2D eigenvalue weighted by molar-refractivity contribution is -0.385. The van der Waals surface area contributed by atoms with Crippen LogP contribution in [0.2, 0.25) is 0 Å². The number of ketones is 1. The van der Waals surface area contributed by atoms with E-state index in [0.717, 1.165) is 6.07 Å². The number of benzene rings is 2. The Bertz CT molecular complexity index is 729. The largest absolute Gasteiger partial charge is 0.294 e. The third-order valence-corrected chi connectivity index (χ3v) is 3.08. The van der Waals surface area contributed by atoms with Gasteiger partial charge in [-0.25, -0.2) is 8.78 Å². The monoisotopic (exact) mass is 291 g/mol. The van der Waals surface area contributed by atoms with Gasteiger partial charge in [0, 0.05) is 29.7 Å². The second-order valence-electron chi connectivity index (χ2n) is 4.59.